The Morgan fingerprint density at radius 1 is 0.400 bits per heavy atom. The Morgan fingerprint density at radius 2 is 0.933 bits per heavy atom. The Balaban J connectivity index is 1.28. The molecule has 3 nitrogen and oxygen atoms in total. The molecule has 8 rings (SSSR count). The lowest BCUT2D eigenvalue weighted by molar-refractivity contribution is 1.17. The quantitative estimate of drug-likeness (QED) is 0.204. The topological polar surface area (TPSA) is 30.7 Å². The minimum Gasteiger partial charge on any atom is -0.309 e. The third kappa shape index (κ3) is 4.99. The molecular weight excluding hydrogens is 546 g/mol. The van der Waals surface area contributed by atoms with Gasteiger partial charge in [-0.3, -0.25) is 0 Å². The van der Waals surface area contributed by atoms with Crippen molar-refractivity contribution in [2.24, 2.45) is 0 Å². The maximum Gasteiger partial charge on any atom is 0.160 e. The molecule has 0 N–H and O–H groups in total. The molecule has 0 spiro atoms. The van der Waals surface area contributed by atoms with Crippen molar-refractivity contribution in [2.45, 2.75) is 13.8 Å². The summed E-state index contributed by atoms with van der Waals surface area (Å²) in [5.41, 5.74) is 13.3. The van der Waals surface area contributed by atoms with E-state index in [1.165, 1.54) is 44.1 Å². The normalized spacial score (nSPS) is 11.3. The highest BCUT2D eigenvalue weighted by molar-refractivity contribution is 6.10. The van der Waals surface area contributed by atoms with Crippen molar-refractivity contribution in [2.75, 3.05) is 0 Å². The van der Waals surface area contributed by atoms with Gasteiger partial charge in [0.2, 0.25) is 0 Å². The van der Waals surface area contributed by atoms with E-state index in [2.05, 4.69) is 170 Å². The van der Waals surface area contributed by atoms with Gasteiger partial charge in [0, 0.05) is 33.2 Å². The van der Waals surface area contributed by atoms with Crippen LogP contribution in [0.25, 0.3) is 72.5 Å². The molecule has 0 radical (unpaired) electrons. The number of aromatic nitrogens is 3. The van der Waals surface area contributed by atoms with Gasteiger partial charge in [-0.25, -0.2) is 9.97 Å². The van der Waals surface area contributed by atoms with Gasteiger partial charge in [-0.1, -0.05) is 126 Å². The van der Waals surface area contributed by atoms with Gasteiger partial charge >= 0.3 is 0 Å². The number of hydrogen-bond donors (Lipinski definition) is 0. The van der Waals surface area contributed by atoms with Crippen LogP contribution in [0.2, 0.25) is 0 Å². The van der Waals surface area contributed by atoms with E-state index in [9.17, 15) is 0 Å². The van der Waals surface area contributed by atoms with E-state index in [1.54, 1.807) is 0 Å². The standard InChI is InChI=1S/C42H31N3/c1-28-12-16-32(17-13-28)38-27-39(44-42(43-38)33-18-14-29(2)15-19-33)34-22-25-41-37(26-34)36-10-6-7-11-40(36)45(41)35-23-20-31(21-24-35)30-8-4-3-5-9-30/h3-27H,1-2H3. The van der Waals surface area contributed by atoms with Crippen LogP contribution in [-0.4, -0.2) is 14.5 Å². The molecule has 2 heterocycles. The minimum absolute atomic E-state index is 0.726. The zero-order valence-electron chi connectivity index (χ0n) is 25.3. The van der Waals surface area contributed by atoms with Crippen molar-refractivity contribution in [3.05, 3.63) is 163 Å². The van der Waals surface area contributed by atoms with E-state index in [1.807, 2.05) is 0 Å². The lowest BCUT2D eigenvalue weighted by atomic mass is 10.0. The monoisotopic (exact) mass is 577 g/mol. The number of rotatable bonds is 5. The predicted molar refractivity (Wildman–Crippen MR) is 188 cm³/mol. The number of fused-ring (bicyclic) bond motifs is 3. The van der Waals surface area contributed by atoms with Gasteiger partial charge in [-0.15, -0.1) is 0 Å². The highest BCUT2D eigenvalue weighted by Gasteiger charge is 2.16. The van der Waals surface area contributed by atoms with Crippen LogP contribution in [0, 0.1) is 13.8 Å². The molecule has 8 aromatic rings. The van der Waals surface area contributed by atoms with Crippen molar-refractivity contribution in [1.29, 1.82) is 0 Å². The van der Waals surface area contributed by atoms with Crippen LogP contribution in [0.3, 0.4) is 0 Å². The van der Waals surface area contributed by atoms with Crippen molar-refractivity contribution < 1.29 is 0 Å². The van der Waals surface area contributed by atoms with Crippen LogP contribution in [0.5, 0.6) is 0 Å². The highest BCUT2D eigenvalue weighted by atomic mass is 15.0. The van der Waals surface area contributed by atoms with E-state index < -0.39 is 0 Å². The fourth-order valence-electron chi connectivity index (χ4n) is 6.14. The van der Waals surface area contributed by atoms with Gasteiger partial charge in [-0.05, 0) is 61.4 Å². The molecule has 0 saturated heterocycles. The van der Waals surface area contributed by atoms with Crippen molar-refractivity contribution in [3.63, 3.8) is 0 Å². The van der Waals surface area contributed by atoms with Crippen LogP contribution in [0.1, 0.15) is 11.1 Å². The molecule has 6 aromatic carbocycles. The van der Waals surface area contributed by atoms with Crippen molar-refractivity contribution >= 4 is 21.8 Å². The highest BCUT2D eigenvalue weighted by Crippen LogP contribution is 2.36. The van der Waals surface area contributed by atoms with Crippen LogP contribution >= 0.6 is 0 Å². The molecule has 0 aliphatic heterocycles. The Morgan fingerprint density at radius 3 is 1.64 bits per heavy atom. The van der Waals surface area contributed by atoms with Crippen LogP contribution in [-0.2, 0) is 0 Å². The van der Waals surface area contributed by atoms with E-state index in [0.717, 1.165) is 39.6 Å². The minimum atomic E-state index is 0.726. The Bertz CT molecular complexity index is 2230. The summed E-state index contributed by atoms with van der Waals surface area (Å²) in [5, 5.41) is 2.41. The average molecular weight is 578 g/mol. The number of para-hydroxylation sites is 1. The van der Waals surface area contributed by atoms with Crippen molar-refractivity contribution in [3.8, 4) is 50.7 Å². The van der Waals surface area contributed by atoms with Crippen LogP contribution in [0.4, 0.5) is 0 Å². The van der Waals surface area contributed by atoms with Gasteiger partial charge in [-0.2, -0.15) is 0 Å². The summed E-state index contributed by atoms with van der Waals surface area (Å²) in [7, 11) is 0. The summed E-state index contributed by atoms with van der Waals surface area (Å²) in [6.07, 6.45) is 0. The van der Waals surface area contributed by atoms with Gasteiger partial charge in [0.05, 0.1) is 22.4 Å². The number of benzene rings is 6. The maximum absolute atomic E-state index is 5.12. The van der Waals surface area contributed by atoms with Gasteiger partial charge in [0.25, 0.3) is 0 Å². The van der Waals surface area contributed by atoms with Crippen LogP contribution in [0.15, 0.2) is 152 Å². The SMILES string of the molecule is Cc1ccc(-c2cc(-c3ccc4c(c3)c3ccccc3n4-c3ccc(-c4ccccc4)cc3)nc(-c3ccc(C)cc3)n2)cc1. The summed E-state index contributed by atoms with van der Waals surface area (Å²) in [5.74, 6) is 0.726. The molecule has 0 fully saturated rings. The lowest BCUT2D eigenvalue weighted by Gasteiger charge is -2.11. The zero-order valence-corrected chi connectivity index (χ0v) is 25.3. The molecule has 0 atom stereocenters. The second kappa shape index (κ2) is 11.0. The largest absolute Gasteiger partial charge is 0.309 e. The third-order valence-corrected chi connectivity index (χ3v) is 8.58. The molecule has 214 valence electrons. The first-order valence-corrected chi connectivity index (χ1v) is 15.3. The van der Waals surface area contributed by atoms with Crippen molar-refractivity contribution in [1.82, 2.24) is 14.5 Å². The second-order valence-electron chi connectivity index (χ2n) is 11.7. The molecular formula is C42H31N3. The summed E-state index contributed by atoms with van der Waals surface area (Å²) in [4.78, 5) is 10.1. The first-order chi connectivity index (χ1) is 22.1. The van der Waals surface area contributed by atoms with Gasteiger partial charge in [0.1, 0.15) is 0 Å². The smallest absolute Gasteiger partial charge is 0.160 e. The molecule has 0 aliphatic rings. The predicted octanol–water partition coefficient (Wildman–Crippen LogP) is 10.9. The van der Waals surface area contributed by atoms with Gasteiger partial charge in [0.15, 0.2) is 5.82 Å². The average Bonchev–Trinajstić information content (AvgIpc) is 3.43. The Labute approximate surface area is 263 Å². The molecule has 0 amide bonds. The van der Waals surface area contributed by atoms with E-state index >= 15 is 0 Å². The van der Waals surface area contributed by atoms with E-state index in [4.69, 9.17) is 9.97 Å². The summed E-state index contributed by atoms with van der Waals surface area (Å²) in [6.45, 7) is 4.21. The Hall–Kier alpha value is -5.80. The molecule has 0 bridgehead atoms. The first-order valence-electron chi connectivity index (χ1n) is 15.3. The summed E-state index contributed by atoms with van der Waals surface area (Å²) < 4.78 is 2.36. The summed E-state index contributed by atoms with van der Waals surface area (Å²) in [6, 6.07) is 53.8. The van der Waals surface area contributed by atoms with Gasteiger partial charge < -0.3 is 4.57 Å². The molecule has 45 heavy (non-hydrogen) atoms. The molecule has 3 heteroatoms. The van der Waals surface area contributed by atoms with E-state index in [0.29, 0.717) is 0 Å². The first kappa shape index (κ1) is 26.8. The molecule has 0 unspecified atom stereocenters. The fourth-order valence-corrected chi connectivity index (χ4v) is 6.14. The second-order valence-corrected chi connectivity index (χ2v) is 11.7. The number of hydrogen-bond acceptors (Lipinski definition) is 2. The lowest BCUT2D eigenvalue weighted by Crippen LogP contribution is -1.96. The Kier molecular flexibility index (Phi) is 6.57. The molecule has 0 aliphatic carbocycles. The maximum atomic E-state index is 5.12. The number of nitrogens with zero attached hydrogens (tertiary/aromatic N) is 3. The molecule has 2 aromatic heterocycles. The fraction of sp³-hybridized carbons (Fsp3) is 0.0476. The van der Waals surface area contributed by atoms with Crippen LogP contribution < -0.4 is 0 Å². The van der Waals surface area contributed by atoms with E-state index in [-0.39, 0.29) is 0 Å². The summed E-state index contributed by atoms with van der Waals surface area (Å²) >= 11 is 0. The molecule has 0 saturated carbocycles. The number of aryl methyl sites for hydroxylation is 2. The zero-order chi connectivity index (χ0) is 30.3. The third-order valence-electron chi connectivity index (χ3n) is 8.58.